The lowest BCUT2D eigenvalue weighted by Gasteiger charge is -2.44. The number of halogens is 2. The lowest BCUT2D eigenvalue weighted by molar-refractivity contribution is -0.175. The van der Waals surface area contributed by atoms with Crippen molar-refractivity contribution in [1.82, 2.24) is 0 Å². The van der Waals surface area contributed by atoms with Crippen molar-refractivity contribution in [2.24, 2.45) is 0 Å². The third kappa shape index (κ3) is 8.58. The SMILES string of the molecule is O=P(O)(O)O[C@@H]1[C@@H](OP(=O)(O)O)[C@H](OP(=O)(O)O)[C@@H](F)[C@@H](F)[C@H]1OP(=O)(O)O. The molecule has 0 aliphatic heterocycles. The van der Waals surface area contributed by atoms with E-state index in [4.69, 9.17) is 39.1 Å². The summed E-state index contributed by atoms with van der Waals surface area (Å²) >= 11 is 0. The Morgan fingerprint density at radius 2 is 0.643 bits per heavy atom. The highest BCUT2D eigenvalue weighted by Gasteiger charge is 2.60. The maximum atomic E-state index is 14.3. The van der Waals surface area contributed by atoms with Crippen LogP contribution < -0.4 is 0 Å². The van der Waals surface area contributed by atoms with E-state index in [2.05, 4.69) is 18.1 Å². The average molecular weight is 504 g/mol. The highest BCUT2D eigenvalue weighted by atomic mass is 31.2. The molecule has 28 heavy (non-hydrogen) atoms. The molecule has 0 radical (unpaired) electrons. The summed E-state index contributed by atoms with van der Waals surface area (Å²) in [5, 5.41) is 0. The van der Waals surface area contributed by atoms with Crippen LogP contribution in [0.5, 0.6) is 0 Å². The third-order valence-electron chi connectivity index (χ3n) is 2.94. The molecule has 1 fully saturated rings. The molecule has 8 N–H and O–H groups in total. The van der Waals surface area contributed by atoms with Crippen LogP contribution in [0.15, 0.2) is 0 Å². The largest absolute Gasteiger partial charge is 0.470 e. The second-order valence-corrected chi connectivity index (χ2v) is 9.90. The summed E-state index contributed by atoms with van der Waals surface area (Å²) in [7, 11) is -23.0. The Kier molecular flexibility index (Phi) is 8.29. The fraction of sp³-hybridized carbons (Fsp3) is 1.00. The maximum absolute atomic E-state index is 14.3. The lowest BCUT2D eigenvalue weighted by Crippen LogP contribution is -2.63. The van der Waals surface area contributed by atoms with Crippen molar-refractivity contribution in [2.75, 3.05) is 0 Å². The first-order valence-electron chi connectivity index (χ1n) is 6.44. The van der Waals surface area contributed by atoms with Crippen LogP contribution in [0.25, 0.3) is 0 Å². The number of hydrogen-bond acceptors (Lipinski definition) is 8. The molecule has 1 rings (SSSR count). The van der Waals surface area contributed by atoms with Gasteiger partial charge in [-0.15, -0.1) is 0 Å². The fourth-order valence-electron chi connectivity index (χ4n) is 2.21. The van der Waals surface area contributed by atoms with E-state index in [1.54, 1.807) is 0 Å². The van der Waals surface area contributed by atoms with Crippen LogP contribution in [0.2, 0.25) is 0 Å². The van der Waals surface area contributed by atoms with Crippen LogP contribution in [0.3, 0.4) is 0 Å². The predicted molar refractivity (Wildman–Crippen MR) is 77.5 cm³/mol. The van der Waals surface area contributed by atoms with Gasteiger partial charge in [0, 0.05) is 0 Å². The summed E-state index contributed by atoms with van der Waals surface area (Å²) in [5.74, 6) is 0. The zero-order valence-corrected chi connectivity index (χ0v) is 16.4. The molecular weight excluding hydrogens is 490 g/mol. The zero-order chi connectivity index (χ0) is 22.3. The highest BCUT2D eigenvalue weighted by Crippen LogP contribution is 2.53. The van der Waals surface area contributed by atoms with Gasteiger partial charge >= 0.3 is 31.3 Å². The predicted octanol–water partition coefficient (Wildman–Crippen LogP) is -1.41. The molecule has 0 spiro atoms. The lowest BCUT2D eigenvalue weighted by atomic mass is 9.87. The third-order valence-corrected chi connectivity index (χ3v) is 5.01. The van der Waals surface area contributed by atoms with Gasteiger partial charge in [0.2, 0.25) is 0 Å². The van der Waals surface area contributed by atoms with Gasteiger partial charge in [-0.1, -0.05) is 0 Å². The summed E-state index contributed by atoms with van der Waals surface area (Å²) in [4.78, 5) is 70.5. The summed E-state index contributed by atoms with van der Waals surface area (Å²) < 4.78 is 88.2. The van der Waals surface area contributed by atoms with Crippen LogP contribution >= 0.6 is 31.3 Å². The van der Waals surface area contributed by atoms with E-state index >= 15 is 0 Å². The van der Waals surface area contributed by atoms with E-state index in [1.165, 1.54) is 0 Å². The van der Waals surface area contributed by atoms with E-state index in [9.17, 15) is 27.0 Å². The second-order valence-electron chi connectivity index (χ2n) is 5.13. The Balaban J connectivity index is 3.53. The zero-order valence-electron chi connectivity index (χ0n) is 12.9. The minimum Gasteiger partial charge on any atom is -0.303 e. The van der Waals surface area contributed by atoms with Gasteiger partial charge in [-0.2, -0.15) is 0 Å². The van der Waals surface area contributed by atoms with Gasteiger partial charge in [0.15, 0.2) is 12.3 Å². The van der Waals surface area contributed by atoms with E-state index < -0.39 is 68.1 Å². The normalized spacial score (nSPS) is 33.1. The molecule has 0 saturated heterocycles. The average Bonchev–Trinajstić information content (AvgIpc) is 2.39. The molecule has 0 aromatic carbocycles. The van der Waals surface area contributed by atoms with Gasteiger partial charge in [0.25, 0.3) is 0 Å². The molecule has 168 valence electrons. The smallest absolute Gasteiger partial charge is 0.303 e. The Morgan fingerprint density at radius 3 is 0.821 bits per heavy atom. The first kappa shape index (κ1) is 26.3. The minimum absolute atomic E-state index is 2.92. The maximum Gasteiger partial charge on any atom is 0.470 e. The molecule has 22 heteroatoms. The topological polar surface area (TPSA) is 267 Å². The van der Waals surface area contributed by atoms with Crippen LogP contribution in [0.4, 0.5) is 8.78 Å². The molecule has 1 aliphatic rings. The minimum atomic E-state index is -5.77. The second kappa shape index (κ2) is 8.81. The number of phosphoric acid groups is 4. The van der Waals surface area contributed by atoms with Crippen LogP contribution in [-0.2, 0) is 36.4 Å². The number of rotatable bonds is 8. The van der Waals surface area contributed by atoms with Crippen molar-refractivity contribution < 1.29 is 84.3 Å². The van der Waals surface area contributed by atoms with E-state index in [-0.39, 0.29) is 0 Å². The Bertz CT molecular complexity index is 673. The summed E-state index contributed by atoms with van der Waals surface area (Å²) in [6.45, 7) is 0. The molecule has 0 aromatic rings. The van der Waals surface area contributed by atoms with Gasteiger partial charge in [-0.3, -0.25) is 18.1 Å². The molecule has 0 heterocycles. The molecule has 0 unspecified atom stereocenters. The Hall–Kier alpha value is 0.300. The van der Waals surface area contributed by atoms with Crippen molar-refractivity contribution in [3.05, 3.63) is 0 Å². The fourth-order valence-corrected chi connectivity index (χ4v) is 4.43. The Morgan fingerprint density at radius 1 is 0.464 bits per heavy atom. The molecular formula is C6H14F2O16P4. The molecule has 1 saturated carbocycles. The number of hydrogen-bond donors (Lipinski definition) is 8. The van der Waals surface area contributed by atoms with Crippen molar-refractivity contribution in [3.8, 4) is 0 Å². The molecule has 0 bridgehead atoms. The van der Waals surface area contributed by atoms with Gasteiger partial charge in [0.05, 0.1) is 0 Å². The van der Waals surface area contributed by atoms with Crippen molar-refractivity contribution in [3.63, 3.8) is 0 Å². The standard InChI is InChI=1S/C6H14F2O16P4/c7-1-2(8)4(22-26(12,13)14)6(24-28(18,19)20)5(23-27(15,16)17)3(1)21-25(9,10)11/h1-6H,(H2,9,10,11)(H2,12,13,14)(H2,15,16,17)(H2,18,19,20)/t1-,2+,3-,4-,5+,6+/m1/s1. The van der Waals surface area contributed by atoms with Gasteiger partial charge in [0.1, 0.15) is 24.4 Å². The monoisotopic (exact) mass is 504 g/mol. The first-order chi connectivity index (χ1) is 12.2. The van der Waals surface area contributed by atoms with E-state index in [0.29, 0.717) is 0 Å². The van der Waals surface area contributed by atoms with E-state index in [0.717, 1.165) is 0 Å². The summed E-state index contributed by atoms with van der Waals surface area (Å²) in [6, 6.07) is 0. The molecule has 0 aromatic heterocycles. The van der Waals surface area contributed by atoms with Gasteiger partial charge in [-0.25, -0.2) is 27.0 Å². The van der Waals surface area contributed by atoms with Crippen molar-refractivity contribution in [2.45, 2.75) is 36.8 Å². The highest BCUT2D eigenvalue weighted by molar-refractivity contribution is 7.47. The van der Waals surface area contributed by atoms with Crippen LogP contribution in [-0.4, -0.2) is 75.9 Å². The first-order valence-corrected chi connectivity index (χ1v) is 12.6. The quantitative estimate of drug-likeness (QED) is 0.176. The van der Waals surface area contributed by atoms with Gasteiger partial charge in [-0.05, 0) is 0 Å². The molecule has 0 amide bonds. The molecule has 16 nitrogen and oxygen atoms in total. The Labute approximate surface area is 153 Å². The van der Waals surface area contributed by atoms with Crippen molar-refractivity contribution >= 4 is 31.3 Å². The summed E-state index contributed by atoms with van der Waals surface area (Å²) in [5.41, 5.74) is 0. The molecule has 1 aliphatic carbocycles. The summed E-state index contributed by atoms with van der Waals surface area (Å²) in [6.07, 6.45) is -18.4. The van der Waals surface area contributed by atoms with Crippen LogP contribution in [0.1, 0.15) is 0 Å². The molecule has 6 atom stereocenters. The number of phosphoric ester groups is 4. The number of alkyl halides is 2. The van der Waals surface area contributed by atoms with E-state index in [1.807, 2.05) is 0 Å². The van der Waals surface area contributed by atoms with Crippen molar-refractivity contribution in [1.29, 1.82) is 0 Å². The van der Waals surface area contributed by atoms with Crippen LogP contribution in [0, 0.1) is 0 Å². The van der Waals surface area contributed by atoms with Gasteiger partial charge < -0.3 is 39.1 Å².